The topological polar surface area (TPSA) is 139 Å². The van der Waals surface area contributed by atoms with Crippen LogP contribution in [0.15, 0.2) is 36.5 Å². The molecule has 0 aliphatic carbocycles. The molecule has 0 aliphatic heterocycles. The second kappa shape index (κ2) is 16.4. The molecule has 0 aliphatic rings. The molecule has 11 nitrogen and oxygen atoms in total. The molecule has 1 heterocycles. The lowest BCUT2D eigenvalue weighted by molar-refractivity contribution is -0.174. The number of hydrogen-bond donors (Lipinski definition) is 1. The standard InChI is InChI=1S/C30H39FN2O9/c1-17(2)29(36)42-26(22(13-15-38-6)16-21-8-10-23(31)11-9-21)19(4)40-30(37)18(3)33-28(35)25-27(41-20(5)34)24(39-7)12-14-32-25/h8-12,14,17-19,22,26H,13,15-16H2,1-7H3,(H,33,35)/t18-,19-,22+,26-/m0/s1. The molecule has 1 N–H and O–H groups in total. The predicted molar refractivity (Wildman–Crippen MR) is 149 cm³/mol. The van der Waals surface area contributed by atoms with Crippen molar-refractivity contribution >= 4 is 23.8 Å². The second-order valence-electron chi connectivity index (χ2n) is 10.1. The van der Waals surface area contributed by atoms with Gasteiger partial charge in [-0.05, 0) is 44.4 Å². The van der Waals surface area contributed by atoms with Gasteiger partial charge in [-0.25, -0.2) is 14.2 Å². The maximum atomic E-state index is 13.5. The van der Waals surface area contributed by atoms with Crippen molar-refractivity contribution in [1.29, 1.82) is 0 Å². The van der Waals surface area contributed by atoms with Crippen LogP contribution in [-0.2, 0) is 35.0 Å². The third kappa shape index (κ3) is 10.1. The number of amides is 1. The Morgan fingerprint density at radius 2 is 1.62 bits per heavy atom. The molecular formula is C30H39FN2O9. The SMILES string of the molecule is COCC[C@H](Cc1ccc(F)cc1)[C@@H](OC(=O)C(C)C)[C@H](C)OC(=O)[C@H](C)NC(=O)c1nccc(OC)c1OC(C)=O. The first-order chi connectivity index (χ1) is 19.9. The molecule has 0 radical (unpaired) electrons. The second-order valence-corrected chi connectivity index (χ2v) is 10.1. The van der Waals surface area contributed by atoms with Gasteiger partial charge in [-0.2, -0.15) is 0 Å². The Morgan fingerprint density at radius 3 is 2.19 bits per heavy atom. The highest BCUT2D eigenvalue weighted by Gasteiger charge is 2.35. The summed E-state index contributed by atoms with van der Waals surface area (Å²) in [6.07, 6.45) is 0.351. The Kier molecular flexibility index (Phi) is 13.3. The monoisotopic (exact) mass is 590 g/mol. The highest BCUT2D eigenvalue weighted by atomic mass is 19.1. The van der Waals surface area contributed by atoms with E-state index in [1.165, 1.54) is 38.4 Å². The quantitative estimate of drug-likeness (QED) is 0.306. The molecule has 4 atom stereocenters. The number of nitrogens with zero attached hydrogens (tertiary/aromatic N) is 1. The number of pyridine rings is 1. The number of esters is 3. The normalized spacial score (nSPS) is 13.8. The summed E-state index contributed by atoms with van der Waals surface area (Å²) in [5, 5.41) is 2.49. The van der Waals surface area contributed by atoms with Crippen molar-refractivity contribution in [2.24, 2.45) is 11.8 Å². The fourth-order valence-corrected chi connectivity index (χ4v) is 4.09. The number of benzene rings is 1. The van der Waals surface area contributed by atoms with Crippen molar-refractivity contribution in [1.82, 2.24) is 10.3 Å². The summed E-state index contributed by atoms with van der Waals surface area (Å²) >= 11 is 0. The molecule has 230 valence electrons. The summed E-state index contributed by atoms with van der Waals surface area (Å²) in [6.45, 7) is 7.89. The van der Waals surface area contributed by atoms with Crippen molar-refractivity contribution in [3.63, 3.8) is 0 Å². The summed E-state index contributed by atoms with van der Waals surface area (Å²) in [7, 11) is 2.88. The van der Waals surface area contributed by atoms with E-state index in [1.807, 2.05) is 0 Å². The first-order valence-electron chi connectivity index (χ1n) is 13.5. The third-order valence-corrected chi connectivity index (χ3v) is 6.31. The number of carbonyl (C=O) groups excluding carboxylic acids is 4. The van der Waals surface area contributed by atoms with Crippen LogP contribution in [0.3, 0.4) is 0 Å². The van der Waals surface area contributed by atoms with E-state index in [4.69, 9.17) is 23.7 Å². The van der Waals surface area contributed by atoms with Crippen LogP contribution < -0.4 is 14.8 Å². The van der Waals surface area contributed by atoms with Crippen LogP contribution >= 0.6 is 0 Å². The molecule has 0 unspecified atom stereocenters. The number of methoxy groups -OCH3 is 2. The van der Waals surface area contributed by atoms with Crippen LogP contribution in [0, 0.1) is 17.7 Å². The van der Waals surface area contributed by atoms with Gasteiger partial charge in [0.1, 0.15) is 24.1 Å². The van der Waals surface area contributed by atoms with Crippen LogP contribution in [0.2, 0.25) is 0 Å². The zero-order chi connectivity index (χ0) is 31.4. The lowest BCUT2D eigenvalue weighted by atomic mass is 9.88. The number of carbonyl (C=O) groups is 4. The molecular weight excluding hydrogens is 551 g/mol. The average molecular weight is 591 g/mol. The van der Waals surface area contributed by atoms with Crippen molar-refractivity contribution in [2.45, 2.75) is 65.7 Å². The first kappa shape index (κ1) is 34.1. The largest absolute Gasteiger partial charge is 0.493 e. The van der Waals surface area contributed by atoms with Crippen molar-refractivity contribution < 1.29 is 47.3 Å². The maximum absolute atomic E-state index is 13.5. The summed E-state index contributed by atoms with van der Waals surface area (Å²) in [4.78, 5) is 54.3. The predicted octanol–water partition coefficient (Wildman–Crippen LogP) is 3.67. The van der Waals surface area contributed by atoms with Crippen LogP contribution in [0.4, 0.5) is 4.39 Å². The number of hydrogen-bond acceptors (Lipinski definition) is 10. The van der Waals surface area contributed by atoms with Crippen molar-refractivity contribution in [3.05, 3.63) is 53.6 Å². The van der Waals surface area contributed by atoms with E-state index in [1.54, 1.807) is 40.0 Å². The van der Waals surface area contributed by atoms with E-state index in [2.05, 4.69) is 10.3 Å². The van der Waals surface area contributed by atoms with E-state index in [0.29, 0.717) is 19.4 Å². The van der Waals surface area contributed by atoms with Crippen LogP contribution in [-0.4, -0.2) is 67.9 Å². The fraction of sp³-hybridized carbons (Fsp3) is 0.500. The summed E-state index contributed by atoms with van der Waals surface area (Å²) in [5.41, 5.74) is 0.538. The lowest BCUT2D eigenvalue weighted by Gasteiger charge is -2.32. The number of ether oxygens (including phenoxy) is 5. The van der Waals surface area contributed by atoms with Gasteiger partial charge >= 0.3 is 17.9 Å². The van der Waals surface area contributed by atoms with Gasteiger partial charge < -0.3 is 29.0 Å². The zero-order valence-corrected chi connectivity index (χ0v) is 25.0. The average Bonchev–Trinajstić information content (AvgIpc) is 2.94. The van der Waals surface area contributed by atoms with E-state index >= 15 is 0 Å². The van der Waals surface area contributed by atoms with Crippen molar-refractivity contribution in [2.75, 3.05) is 20.8 Å². The Morgan fingerprint density at radius 1 is 0.952 bits per heavy atom. The van der Waals surface area contributed by atoms with Gasteiger partial charge in [-0.15, -0.1) is 0 Å². The molecule has 1 amide bonds. The van der Waals surface area contributed by atoms with Gasteiger partial charge in [-0.1, -0.05) is 26.0 Å². The molecule has 2 rings (SSSR count). The number of rotatable bonds is 15. The molecule has 42 heavy (non-hydrogen) atoms. The third-order valence-electron chi connectivity index (χ3n) is 6.31. The molecule has 2 aromatic rings. The Balaban J connectivity index is 2.25. The number of halogens is 1. The minimum absolute atomic E-state index is 0.104. The highest BCUT2D eigenvalue weighted by molar-refractivity contribution is 5.98. The smallest absolute Gasteiger partial charge is 0.328 e. The maximum Gasteiger partial charge on any atom is 0.328 e. The summed E-state index contributed by atoms with van der Waals surface area (Å²) < 4.78 is 40.6. The Bertz CT molecular complexity index is 1220. The molecule has 0 spiro atoms. The zero-order valence-electron chi connectivity index (χ0n) is 25.0. The van der Waals surface area contributed by atoms with E-state index in [-0.39, 0.29) is 28.9 Å². The highest BCUT2D eigenvalue weighted by Crippen LogP contribution is 2.30. The molecule has 1 aromatic heterocycles. The van der Waals surface area contributed by atoms with Gasteiger partial charge in [0.05, 0.1) is 13.0 Å². The Labute approximate surface area is 245 Å². The lowest BCUT2D eigenvalue weighted by Crippen LogP contribution is -2.45. The van der Waals surface area contributed by atoms with Gasteiger partial charge in [0.15, 0.2) is 11.4 Å². The van der Waals surface area contributed by atoms with Crippen LogP contribution in [0.25, 0.3) is 0 Å². The minimum atomic E-state index is -1.16. The first-order valence-corrected chi connectivity index (χ1v) is 13.5. The van der Waals surface area contributed by atoms with Crippen LogP contribution in [0.1, 0.15) is 57.1 Å². The Hall–Kier alpha value is -4.06. The van der Waals surface area contributed by atoms with Gasteiger partial charge in [0, 0.05) is 38.8 Å². The van der Waals surface area contributed by atoms with Crippen molar-refractivity contribution in [3.8, 4) is 11.5 Å². The molecule has 0 fully saturated rings. The molecule has 0 saturated carbocycles. The molecule has 12 heteroatoms. The molecule has 0 bridgehead atoms. The molecule has 0 saturated heterocycles. The van der Waals surface area contributed by atoms with E-state index in [0.717, 1.165) is 12.5 Å². The van der Waals surface area contributed by atoms with Crippen LogP contribution in [0.5, 0.6) is 11.5 Å². The minimum Gasteiger partial charge on any atom is -0.493 e. The molecule has 1 aromatic carbocycles. The van der Waals surface area contributed by atoms with Gasteiger partial charge in [0.2, 0.25) is 5.75 Å². The number of aromatic nitrogens is 1. The fourth-order valence-electron chi connectivity index (χ4n) is 4.09. The van der Waals surface area contributed by atoms with Gasteiger partial charge in [0.25, 0.3) is 5.91 Å². The van der Waals surface area contributed by atoms with Gasteiger partial charge in [-0.3, -0.25) is 14.4 Å². The van der Waals surface area contributed by atoms with E-state index in [9.17, 15) is 23.6 Å². The number of nitrogens with one attached hydrogen (secondary N) is 1. The summed E-state index contributed by atoms with van der Waals surface area (Å²) in [6, 6.07) is 6.22. The summed E-state index contributed by atoms with van der Waals surface area (Å²) in [5.74, 6) is -4.03. The van der Waals surface area contributed by atoms with E-state index < -0.39 is 48.0 Å².